The van der Waals surface area contributed by atoms with Gasteiger partial charge in [0.1, 0.15) is 0 Å². The van der Waals surface area contributed by atoms with Crippen molar-refractivity contribution in [2.75, 3.05) is 0 Å². The summed E-state index contributed by atoms with van der Waals surface area (Å²) in [5.41, 5.74) is 3.45. The molecule has 2 rings (SSSR count). The molecule has 2 aromatic rings. The van der Waals surface area contributed by atoms with E-state index in [1.165, 1.54) is 5.56 Å². The van der Waals surface area contributed by atoms with E-state index in [2.05, 4.69) is 21.6 Å². The van der Waals surface area contributed by atoms with Gasteiger partial charge < -0.3 is 5.32 Å². The van der Waals surface area contributed by atoms with E-state index in [0.717, 1.165) is 22.5 Å². The largest absolute Gasteiger partial charge is 0.343 e. The first kappa shape index (κ1) is 14.0. The van der Waals surface area contributed by atoms with Gasteiger partial charge in [-0.25, -0.2) is 0 Å². The summed E-state index contributed by atoms with van der Waals surface area (Å²) >= 11 is 6.74. The number of carbonyl (C=O) groups is 1. The summed E-state index contributed by atoms with van der Waals surface area (Å²) in [6.45, 7) is 6.02. The average molecular weight is 296 g/mol. The highest BCUT2D eigenvalue weighted by Gasteiger charge is 2.16. The lowest BCUT2D eigenvalue weighted by Gasteiger charge is -2.16. The first-order valence-corrected chi connectivity index (χ1v) is 7.04. The lowest BCUT2D eigenvalue weighted by atomic mass is 10.0. The van der Waals surface area contributed by atoms with E-state index in [1.54, 1.807) is 0 Å². The van der Waals surface area contributed by atoms with Gasteiger partial charge >= 0.3 is 0 Å². The van der Waals surface area contributed by atoms with Crippen LogP contribution in [0.3, 0.4) is 0 Å². The van der Waals surface area contributed by atoms with Gasteiger partial charge in [-0.1, -0.05) is 35.1 Å². The Bertz CT molecular complexity index is 612. The maximum absolute atomic E-state index is 12.0. The topological polar surface area (TPSA) is 54.9 Å². The standard InChI is InChI=1S/C13H14ClN3OS/c1-7-4-5-10(8(2)6-7)9(3)15-11(18)12-16-17-13(14)19-12/h4-6,9H,1-3H3,(H,15,18). The molecule has 0 radical (unpaired) electrons. The molecular weight excluding hydrogens is 282 g/mol. The number of amides is 1. The lowest BCUT2D eigenvalue weighted by Crippen LogP contribution is -2.27. The molecule has 0 fully saturated rings. The number of aromatic nitrogens is 2. The second-order valence-electron chi connectivity index (χ2n) is 4.42. The second-order valence-corrected chi connectivity index (χ2v) is 5.98. The number of hydrogen-bond acceptors (Lipinski definition) is 4. The summed E-state index contributed by atoms with van der Waals surface area (Å²) in [5, 5.41) is 10.5. The molecule has 1 aromatic carbocycles. The number of hydrogen-bond donors (Lipinski definition) is 1. The van der Waals surface area contributed by atoms with E-state index in [9.17, 15) is 4.79 Å². The van der Waals surface area contributed by atoms with Crippen LogP contribution < -0.4 is 5.32 Å². The van der Waals surface area contributed by atoms with Gasteiger partial charge in [-0.2, -0.15) is 0 Å². The van der Waals surface area contributed by atoms with Gasteiger partial charge in [-0.3, -0.25) is 4.79 Å². The molecule has 19 heavy (non-hydrogen) atoms. The van der Waals surface area contributed by atoms with Crippen LogP contribution in [0.15, 0.2) is 18.2 Å². The second kappa shape index (κ2) is 5.67. The quantitative estimate of drug-likeness (QED) is 0.945. The normalized spacial score (nSPS) is 12.2. The third-order valence-corrected chi connectivity index (χ3v) is 3.85. The van der Waals surface area contributed by atoms with Crippen molar-refractivity contribution in [3.05, 3.63) is 44.4 Å². The summed E-state index contributed by atoms with van der Waals surface area (Å²) in [7, 11) is 0. The zero-order valence-electron chi connectivity index (χ0n) is 10.9. The Hall–Kier alpha value is -1.46. The molecule has 1 heterocycles. The molecule has 1 aromatic heterocycles. The van der Waals surface area contributed by atoms with Crippen LogP contribution in [0.2, 0.25) is 4.47 Å². The minimum absolute atomic E-state index is 0.0872. The fourth-order valence-corrected chi connectivity index (χ4v) is 2.68. The van der Waals surface area contributed by atoms with Crippen molar-refractivity contribution in [1.82, 2.24) is 15.5 Å². The maximum atomic E-state index is 12.0. The molecule has 0 bridgehead atoms. The number of aryl methyl sites for hydroxylation is 2. The smallest absolute Gasteiger partial charge is 0.282 e. The van der Waals surface area contributed by atoms with E-state index in [4.69, 9.17) is 11.6 Å². The Kier molecular flexibility index (Phi) is 4.17. The number of halogens is 1. The van der Waals surface area contributed by atoms with E-state index in [0.29, 0.717) is 0 Å². The highest BCUT2D eigenvalue weighted by atomic mass is 35.5. The molecule has 0 saturated carbocycles. The molecule has 1 N–H and O–H groups in total. The molecule has 1 unspecified atom stereocenters. The van der Waals surface area contributed by atoms with Crippen LogP contribution in [0.5, 0.6) is 0 Å². The molecule has 6 heteroatoms. The van der Waals surface area contributed by atoms with Crippen molar-refractivity contribution >= 4 is 28.8 Å². The Morgan fingerprint density at radius 1 is 1.37 bits per heavy atom. The van der Waals surface area contributed by atoms with Gasteiger partial charge in [0.05, 0.1) is 6.04 Å². The van der Waals surface area contributed by atoms with Crippen molar-refractivity contribution in [1.29, 1.82) is 0 Å². The third-order valence-electron chi connectivity index (χ3n) is 2.83. The Balaban J connectivity index is 2.12. The molecule has 0 saturated heterocycles. The number of nitrogens with zero attached hydrogens (tertiary/aromatic N) is 2. The monoisotopic (exact) mass is 295 g/mol. The van der Waals surface area contributed by atoms with Gasteiger partial charge in [0.2, 0.25) is 9.47 Å². The number of carbonyl (C=O) groups excluding carboxylic acids is 1. The molecule has 1 atom stereocenters. The summed E-state index contributed by atoms with van der Waals surface area (Å²) < 4.78 is 0.268. The van der Waals surface area contributed by atoms with Crippen molar-refractivity contribution < 1.29 is 4.79 Å². The zero-order chi connectivity index (χ0) is 14.0. The van der Waals surface area contributed by atoms with Crippen LogP contribution in [0.4, 0.5) is 0 Å². The van der Waals surface area contributed by atoms with E-state index in [-0.39, 0.29) is 21.4 Å². The van der Waals surface area contributed by atoms with Crippen LogP contribution in [-0.2, 0) is 0 Å². The van der Waals surface area contributed by atoms with Crippen LogP contribution in [0.1, 0.15) is 39.5 Å². The molecule has 1 amide bonds. The predicted octanol–water partition coefficient (Wildman–Crippen LogP) is 3.30. The predicted molar refractivity (Wildman–Crippen MR) is 76.7 cm³/mol. The third kappa shape index (κ3) is 3.30. The highest BCUT2D eigenvalue weighted by molar-refractivity contribution is 7.17. The average Bonchev–Trinajstić information content (AvgIpc) is 2.75. The van der Waals surface area contributed by atoms with Crippen LogP contribution in [0, 0.1) is 13.8 Å². The summed E-state index contributed by atoms with van der Waals surface area (Å²) in [6.07, 6.45) is 0. The molecule has 4 nitrogen and oxygen atoms in total. The van der Waals surface area contributed by atoms with E-state index < -0.39 is 0 Å². The van der Waals surface area contributed by atoms with Crippen LogP contribution in [0.25, 0.3) is 0 Å². The fourth-order valence-electron chi connectivity index (χ4n) is 1.94. The molecule has 0 aliphatic carbocycles. The summed E-state index contributed by atoms with van der Waals surface area (Å²) in [6, 6.07) is 6.07. The summed E-state index contributed by atoms with van der Waals surface area (Å²) in [4.78, 5) is 12.0. The minimum atomic E-state index is -0.253. The highest BCUT2D eigenvalue weighted by Crippen LogP contribution is 2.20. The number of nitrogens with one attached hydrogen (secondary N) is 1. The van der Waals surface area contributed by atoms with Crippen molar-refractivity contribution in [2.45, 2.75) is 26.8 Å². The molecule has 0 aliphatic heterocycles. The number of rotatable bonds is 3. The van der Waals surface area contributed by atoms with Crippen molar-refractivity contribution in [2.24, 2.45) is 0 Å². The fraction of sp³-hybridized carbons (Fsp3) is 0.308. The minimum Gasteiger partial charge on any atom is -0.343 e. The Morgan fingerprint density at radius 3 is 2.68 bits per heavy atom. The molecule has 100 valence electrons. The van der Waals surface area contributed by atoms with Gasteiger partial charge in [-0.05, 0) is 43.5 Å². The van der Waals surface area contributed by atoms with Gasteiger partial charge in [0.25, 0.3) is 5.91 Å². The van der Waals surface area contributed by atoms with E-state index in [1.807, 2.05) is 32.9 Å². The molecule has 0 aliphatic rings. The van der Waals surface area contributed by atoms with Gasteiger partial charge in [-0.15, -0.1) is 10.2 Å². The summed E-state index contributed by atoms with van der Waals surface area (Å²) in [5.74, 6) is -0.253. The molecule has 0 spiro atoms. The maximum Gasteiger partial charge on any atom is 0.282 e. The Labute approximate surface area is 120 Å². The van der Waals surface area contributed by atoms with Crippen molar-refractivity contribution in [3.8, 4) is 0 Å². The number of benzene rings is 1. The van der Waals surface area contributed by atoms with Crippen LogP contribution in [-0.4, -0.2) is 16.1 Å². The van der Waals surface area contributed by atoms with Gasteiger partial charge in [0, 0.05) is 0 Å². The van der Waals surface area contributed by atoms with Crippen LogP contribution >= 0.6 is 22.9 Å². The first-order valence-electron chi connectivity index (χ1n) is 5.84. The molecular formula is C13H14ClN3OS. The Morgan fingerprint density at radius 2 is 2.11 bits per heavy atom. The zero-order valence-corrected chi connectivity index (χ0v) is 12.5. The lowest BCUT2D eigenvalue weighted by molar-refractivity contribution is 0.0938. The first-order chi connectivity index (χ1) is 8.97. The van der Waals surface area contributed by atoms with Crippen molar-refractivity contribution in [3.63, 3.8) is 0 Å². The SMILES string of the molecule is Cc1ccc(C(C)NC(=O)c2nnc(Cl)s2)c(C)c1. The van der Waals surface area contributed by atoms with Gasteiger partial charge in [0.15, 0.2) is 0 Å². The van der Waals surface area contributed by atoms with E-state index >= 15 is 0 Å².